The minimum Gasteiger partial charge on any atom is -0.481 e. The zero-order chi connectivity index (χ0) is 25.1. The summed E-state index contributed by atoms with van der Waals surface area (Å²) < 4.78 is 0. The Morgan fingerprint density at radius 3 is 2.40 bits per heavy atom. The molecule has 35 heavy (non-hydrogen) atoms. The molecular formula is C24H22N4O7. The topological polar surface area (TPSA) is 156 Å². The molecule has 180 valence electrons. The van der Waals surface area contributed by atoms with Crippen LogP contribution >= 0.6 is 0 Å². The molecule has 2 aliphatic rings. The number of non-ortho nitro benzene ring substituents is 2. The van der Waals surface area contributed by atoms with Crippen molar-refractivity contribution in [2.24, 2.45) is 0 Å². The van der Waals surface area contributed by atoms with E-state index in [2.05, 4.69) is 5.43 Å². The fraction of sp³-hybridized carbons (Fsp3) is 0.250. The van der Waals surface area contributed by atoms with E-state index in [1.54, 1.807) is 24.3 Å². The van der Waals surface area contributed by atoms with Crippen molar-refractivity contribution in [3.8, 4) is 0 Å². The van der Waals surface area contributed by atoms with Crippen LogP contribution in [0.3, 0.4) is 0 Å². The molecule has 0 aromatic heterocycles. The number of rotatable bonds is 7. The highest BCUT2D eigenvalue weighted by Crippen LogP contribution is 2.44. The van der Waals surface area contributed by atoms with Gasteiger partial charge in [0.05, 0.1) is 22.0 Å². The van der Waals surface area contributed by atoms with Crippen LogP contribution in [-0.4, -0.2) is 31.8 Å². The number of benzene rings is 2. The van der Waals surface area contributed by atoms with E-state index in [1.807, 2.05) is 6.08 Å². The summed E-state index contributed by atoms with van der Waals surface area (Å²) in [6.45, 7) is 0. The fourth-order valence-electron chi connectivity index (χ4n) is 4.46. The average Bonchev–Trinajstić information content (AvgIpc) is 3.23. The Hall–Kier alpha value is -4.54. The molecule has 0 fully saturated rings. The molecule has 1 atom stereocenters. The lowest BCUT2D eigenvalue weighted by atomic mass is 9.85. The van der Waals surface area contributed by atoms with Crippen molar-refractivity contribution in [3.05, 3.63) is 96.7 Å². The maximum atomic E-state index is 13.0. The van der Waals surface area contributed by atoms with Gasteiger partial charge in [-0.3, -0.25) is 35.2 Å². The molecule has 0 unspecified atom stereocenters. The average molecular weight is 478 g/mol. The van der Waals surface area contributed by atoms with Crippen molar-refractivity contribution in [2.75, 3.05) is 0 Å². The van der Waals surface area contributed by atoms with Gasteiger partial charge in [-0.2, -0.15) is 0 Å². The lowest BCUT2D eigenvalue weighted by Gasteiger charge is -2.26. The Bertz CT molecular complexity index is 1280. The van der Waals surface area contributed by atoms with Crippen molar-refractivity contribution in [1.82, 2.24) is 10.4 Å². The molecule has 4 rings (SSSR count). The van der Waals surface area contributed by atoms with Crippen LogP contribution in [0.15, 0.2) is 65.4 Å². The number of carbonyl (C=O) groups is 2. The number of hydrogen-bond donors (Lipinski definition) is 2. The number of hydrazine groups is 1. The lowest BCUT2D eigenvalue weighted by molar-refractivity contribution is -0.385. The van der Waals surface area contributed by atoms with E-state index in [0.29, 0.717) is 29.7 Å². The maximum absolute atomic E-state index is 13.0. The lowest BCUT2D eigenvalue weighted by Crippen LogP contribution is -2.40. The highest BCUT2D eigenvalue weighted by molar-refractivity contribution is 5.82. The second-order valence-electron chi connectivity index (χ2n) is 8.30. The Kier molecular flexibility index (Phi) is 6.58. The normalized spacial score (nSPS) is 18.2. The van der Waals surface area contributed by atoms with Gasteiger partial charge in [0.15, 0.2) is 0 Å². The summed E-state index contributed by atoms with van der Waals surface area (Å²) in [5, 5.41) is 32.9. The van der Waals surface area contributed by atoms with Gasteiger partial charge in [0.2, 0.25) is 5.91 Å². The highest BCUT2D eigenvalue weighted by Gasteiger charge is 2.39. The first kappa shape index (κ1) is 23.6. The highest BCUT2D eigenvalue weighted by atomic mass is 16.6. The Labute approximate surface area is 199 Å². The first-order chi connectivity index (χ1) is 16.7. The molecule has 0 bridgehead atoms. The van der Waals surface area contributed by atoms with Crippen molar-refractivity contribution in [1.29, 1.82) is 0 Å². The van der Waals surface area contributed by atoms with Crippen molar-refractivity contribution < 1.29 is 24.5 Å². The number of nitro groups is 2. The zero-order valence-electron chi connectivity index (χ0n) is 18.5. The third-order valence-corrected chi connectivity index (χ3v) is 6.00. The third-order valence-electron chi connectivity index (χ3n) is 6.00. The van der Waals surface area contributed by atoms with Gasteiger partial charge < -0.3 is 5.11 Å². The van der Waals surface area contributed by atoms with Crippen LogP contribution < -0.4 is 5.43 Å². The summed E-state index contributed by atoms with van der Waals surface area (Å²) in [7, 11) is 0. The van der Waals surface area contributed by atoms with Gasteiger partial charge in [-0.25, -0.2) is 5.01 Å². The van der Waals surface area contributed by atoms with Crippen molar-refractivity contribution in [3.63, 3.8) is 0 Å². The number of carboxylic acid groups (broad SMARTS) is 1. The minimum absolute atomic E-state index is 0.0382. The number of allylic oxidation sites excluding steroid dienone is 1. The van der Waals surface area contributed by atoms with E-state index >= 15 is 0 Å². The number of nitrogens with zero attached hydrogens (tertiary/aromatic N) is 3. The van der Waals surface area contributed by atoms with Crippen LogP contribution in [0.5, 0.6) is 0 Å². The molecule has 0 saturated carbocycles. The monoisotopic (exact) mass is 478 g/mol. The quantitative estimate of drug-likeness (QED) is 0.441. The SMILES string of the molecule is O=C(O)CCC(=O)N1NC2=C(CCC/C2=C/c2cccc([N+](=O)[O-])c2)[C@H]1c1cccc([N+](=O)[O-])c1. The fourth-order valence-corrected chi connectivity index (χ4v) is 4.46. The summed E-state index contributed by atoms with van der Waals surface area (Å²) in [6.07, 6.45) is 3.28. The molecule has 0 radical (unpaired) electrons. The first-order valence-corrected chi connectivity index (χ1v) is 11.0. The van der Waals surface area contributed by atoms with Gasteiger partial charge in [-0.05, 0) is 47.6 Å². The van der Waals surface area contributed by atoms with Gasteiger partial charge in [-0.15, -0.1) is 0 Å². The van der Waals surface area contributed by atoms with Crippen LogP contribution in [0.2, 0.25) is 0 Å². The predicted octanol–water partition coefficient (Wildman–Crippen LogP) is 4.28. The molecule has 1 heterocycles. The van der Waals surface area contributed by atoms with E-state index in [0.717, 1.165) is 17.6 Å². The summed E-state index contributed by atoms with van der Waals surface area (Å²) >= 11 is 0. The molecule has 11 heteroatoms. The molecule has 1 aliphatic carbocycles. The van der Waals surface area contributed by atoms with Crippen molar-refractivity contribution in [2.45, 2.75) is 38.1 Å². The second kappa shape index (κ2) is 9.75. The van der Waals surface area contributed by atoms with E-state index in [1.165, 1.54) is 29.3 Å². The van der Waals surface area contributed by atoms with Gasteiger partial charge in [0.1, 0.15) is 6.04 Å². The maximum Gasteiger partial charge on any atom is 0.303 e. The Morgan fingerprint density at radius 2 is 1.71 bits per heavy atom. The molecule has 0 saturated heterocycles. The zero-order valence-corrected chi connectivity index (χ0v) is 18.5. The number of carbonyl (C=O) groups excluding carboxylic acids is 1. The van der Waals surface area contributed by atoms with Crippen LogP contribution in [0.1, 0.15) is 49.3 Å². The molecule has 2 aromatic carbocycles. The Morgan fingerprint density at radius 1 is 1.03 bits per heavy atom. The van der Waals surface area contributed by atoms with Crippen LogP contribution in [0.4, 0.5) is 11.4 Å². The number of aliphatic carboxylic acids is 1. The number of amides is 1. The van der Waals surface area contributed by atoms with Crippen LogP contribution in [0.25, 0.3) is 6.08 Å². The van der Waals surface area contributed by atoms with Gasteiger partial charge in [-0.1, -0.05) is 24.3 Å². The smallest absolute Gasteiger partial charge is 0.303 e. The molecule has 1 aliphatic heterocycles. The molecule has 1 amide bonds. The molecule has 11 nitrogen and oxygen atoms in total. The van der Waals surface area contributed by atoms with E-state index < -0.39 is 27.8 Å². The summed E-state index contributed by atoms with van der Waals surface area (Å²) in [4.78, 5) is 45.6. The number of nitrogens with one attached hydrogen (secondary N) is 1. The molecule has 2 aromatic rings. The number of nitro benzene ring substituents is 2. The molecule has 0 spiro atoms. The predicted molar refractivity (Wildman–Crippen MR) is 125 cm³/mol. The van der Waals surface area contributed by atoms with E-state index in [4.69, 9.17) is 5.11 Å². The van der Waals surface area contributed by atoms with Gasteiger partial charge >= 0.3 is 5.97 Å². The third kappa shape index (κ3) is 5.03. The largest absolute Gasteiger partial charge is 0.481 e. The van der Waals surface area contributed by atoms with Crippen molar-refractivity contribution >= 4 is 29.3 Å². The van der Waals surface area contributed by atoms with E-state index in [9.17, 15) is 29.8 Å². The summed E-state index contributed by atoms with van der Waals surface area (Å²) in [5.41, 5.74) is 6.52. The van der Waals surface area contributed by atoms with Crippen LogP contribution in [0, 0.1) is 20.2 Å². The summed E-state index contributed by atoms with van der Waals surface area (Å²) in [6, 6.07) is 11.6. The molecular weight excluding hydrogens is 456 g/mol. The summed E-state index contributed by atoms with van der Waals surface area (Å²) in [5.74, 6) is -1.55. The van der Waals surface area contributed by atoms with Gasteiger partial charge in [0, 0.05) is 30.7 Å². The first-order valence-electron chi connectivity index (χ1n) is 11.0. The second-order valence-corrected chi connectivity index (χ2v) is 8.30. The minimum atomic E-state index is -1.10. The van der Waals surface area contributed by atoms with E-state index in [-0.39, 0.29) is 24.2 Å². The Balaban J connectivity index is 1.76. The standard InChI is InChI=1S/C24H22N4O7/c29-21(10-11-22(30)31)26-24(17-6-2-8-19(14-17)28(34)35)20-9-3-5-16(23(20)25-26)12-15-4-1-7-18(13-15)27(32)33/h1-2,4,6-8,12-14,24-25H,3,5,9-11H2,(H,30,31)/b16-12-/t24-/m1/s1. The van der Waals surface area contributed by atoms with Crippen LogP contribution in [-0.2, 0) is 9.59 Å². The molecule has 2 N–H and O–H groups in total. The van der Waals surface area contributed by atoms with Gasteiger partial charge in [0.25, 0.3) is 11.4 Å². The number of hydrogen-bond acceptors (Lipinski definition) is 7. The number of carboxylic acids is 1.